The second kappa shape index (κ2) is 6.57. The van der Waals surface area contributed by atoms with Gasteiger partial charge in [-0.05, 0) is 43.7 Å². The molecule has 1 aliphatic rings. The summed E-state index contributed by atoms with van der Waals surface area (Å²) in [5.41, 5.74) is 5.78. The van der Waals surface area contributed by atoms with Gasteiger partial charge < -0.3 is 5.32 Å². The minimum absolute atomic E-state index is 0.0634. The first-order chi connectivity index (χ1) is 12.5. The van der Waals surface area contributed by atoms with E-state index in [1.165, 1.54) is 16.7 Å². The van der Waals surface area contributed by atoms with Crippen molar-refractivity contribution in [3.05, 3.63) is 64.8 Å². The molecule has 1 N–H and O–H groups in total. The number of nitrogens with zero attached hydrogens (tertiary/aromatic N) is 3. The first-order valence-electron chi connectivity index (χ1n) is 9.00. The normalized spacial score (nSPS) is 17.3. The summed E-state index contributed by atoms with van der Waals surface area (Å²) < 4.78 is 1.87. The first-order valence-corrected chi connectivity index (χ1v) is 9.00. The molecule has 4 rings (SSSR count). The highest BCUT2D eigenvalue weighted by Gasteiger charge is 2.28. The lowest BCUT2D eigenvalue weighted by Gasteiger charge is -2.32. The number of hydrogen-bond acceptors (Lipinski definition) is 3. The summed E-state index contributed by atoms with van der Waals surface area (Å²) in [7, 11) is 3.95. The number of rotatable bonds is 3. The predicted octanol–water partition coefficient (Wildman–Crippen LogP) is 2.55. The Morgan fingerprint density at radius 3 is 2.77 bits per heavy atom. The number of carbonyl (C=O) groups excluding carboxylic acids is 1. The largest absolute Gasteiger partial charge is 0.349 e. The van der Waals surface area contributed by atoms with Gasteiger partial charge in [0.05, 0.1) is 23.8 Å². The minimum atomic E-state index is -0.137. The third-order valence-electron chi connectivity index (χ3n) is 5.30. The van der Waals surface area contributed by atoms with Gasteiger partial charge in [-0.1, -0.05) is 35.9 Å². The summed E-state index contributed by atoms with van der Waals surface area (Å²) in [4.78, 5) is 14.9. The van der Waals surface area contributed by atoms with Crippen molar-refractivity contribution < 1.29 is 4.79 Å². The van der Waals surface area contributed by atoms with Crippen molar-refractivity contribution in [1.82, 2.24) is 20.0 Å². The molecule has 0 saturated carbocycles. The fraction of sp³-hybridized carbons (Fsp3) is 0.333. The van der Waals surface area contributed by atoms with Gasteiger partial charge in [0, 0.05) is 19.0 Å². The predicted molar refractivity (Wildman–Crippen MR) is 103 cm³/mol. The van der Waals surface area contributed by atoms with Gasteiger partial charge in [0.1, 0.15) is 0 Å². The van der Waals surface area contributed by atoms with Crippen molar-refractivity contribution in [2.45, 2.75) is 32.5 Å². The molecule has 0 fully saturated rings. The van der Waals surface area contributed by atoms with Crippen molar-refractivity contribution in [2.24, 2.45) is 7.05 Å². The van der Waals surface area contributed by atoms with E-state index in [9.17, 15) is 4.79 Å². The van der Waals surface area contributed by atoms with E-state index >= 15 is 0 Å². The molecule has 0 bridgehead atoms. The number of benzene rings is 2. The summed E-state index contributed by atoms with van der Waals surface area (Å²) in [6.45, 7) is 3.33. The zero-order valence-electron chi connectivity index (χ0n) is 15.5. The number of carbonyl (C=O) groups is 1. The first kappa shape index (κ1) is 16.8. The van der Waals surface area contributed by atoms with Gasteiger partial charge in [-0.25, -0.2) is 0 Å². The van der Waals surface area contributed by atoms with Crippen LogP contribution in [0.15, 0.2) is 42.5 Å². The number of hydrogen-bond donors (Lipinski definition) is 1. The van der Waals surface area contributed by atoms with Crippen LogP contribution in [0.2, 0.25) is 0 Å². The lowest BCUT2D eigenvalue weighted by atomic mass is 9.94. The van der Waals surface area contributed by atoms with Crippen LogP contribution in [0.1, 0.15) is 22.4 Å². The van der Waals surface area contributed by atoms with Crippen molar-refractivity contribution in [3.63, 3.8) is 0 Å². The summed E-state index contributed by atoms with van der Waals surface area (Å²) in [5, 5.41) is 8.80. The number of likely N-dealkylation sites (N-methyl/N-ethyl adjacent to an activating group) is 1. The fourth-order valence-electron chi connectivity index (χ4n) is 3.82. The van der Waals surface area contributed by atoms with Crippen molar-refractivity contribution >= 4 is 16.8 Å². The zero-order valence-corrected chi connectivity index (χ0v) is 15.5. The van der Waals surface area contributed by atoms with E-state index in [4.69, 9.17) is 0 Å². The fourth-order valence-corrected chi connectivity index (χ4v) is 3.82. The zero-order chi connectivity index (χ0) is 18.3. The molecule has 1 aromatic heterocycles. The summed E-state index contributed by atoms with van der Waals surface area (Å²) in [6, 6.07) is 14.5. The standard InChI is InChI=1S/C21H24N4O/c1-14-8-9-19-17(10-14)18(23-25(19)3)12-22-21(26)20-11-15-6-4-5-7-16(15)13-24(20)2/h4-10,20H,11-13H2,1-3H3,(H,22,26)/t20-/m0/s1. The lowest BCUT2D eigenvalue weighted by molar-refractivity contribution is -0.126. The molecule has 0 spiro atoms. The van der Waals surface area contributed by atoms with Crippen LogP contribution in [0, 0.1) is 6.92 Å². The Bertz CT molecular complexity index is 975. The molecule has 1 atom stereocenters. The second-order valence-corrected chi connectivity index (χ2v) is 7.21. The Hall–Kier alpha value is -2.66. The van der Waals surface area contributed by atoms with E-state index in [2.05, 4.69) is 58.6 Å². The Balaban J connectivity index is 1.50. The molecule has 0 radical (unpaired) electrons. The molecule has 2 heterocycles. The monoisotopic (exact) mass is 348 g/mol. The number of amides is 1. The second-order valence-electron chi connectivity index (χ2n) is 7.21. The Kier molecular flexibility index (Phi) is 4.24. The highest BCUT2D eigenvalue weighted by atomic mass is 16.2. The van der Waals surface area contributed by atoms with Crippen molar-refractivity contribution in [1.29, 1.82) is 0 Å². The van der Waals surface area contributed by atoms with Crippen LogP contribution in [-0.4, -0.2) is 33.7 Å². The highest BCUT2D eigenvalue weighted by molar-refractivity contribution is 5.85. The topological polar surface area (TPSA) is 50.2 Å². The average molecular weight is 348 g/mol. The summed E-state index contributed by atoms with van der Waals surface area (Å²) >= 11 is 0. The van der Waals surface area contributed by atoms with Gasteiger partial charge in [-0.2, -0.15) is 5.10 Å². The third-order valence-corrected chi connectivity index (χ3v) is 5.30. The molecular formula is C21H24N4O. The summed E-state index contributed by atoms with van der Waals surface area (Å²) in [6.07, 6.45) is 0.751. The van der Waals surface area contributed by atoms with Gasteiger partial charge in [0.2, 0.25) is 5.91 Å². The molecule has 26 heavy (non-hydrogen) atoms. The van der Waals surface area contributed by atoms with Gasteiger partial charge in [0.15, 0.2) is 0 Å². The SMILES string of the molecule is Cc1ccc2c(c1)c(CNC(=O)[C@@H]1Cc3ccccc3CN1C)nn2C. The maximum atomic E-state index is 12.8. The molecule has 0 aliphatic carbocycles. The van der Waals surface area contributed by atoms with Gasteiger partial charge in [-0.15, -0.1) is 0 Å². The average Bonchev–Trinajstić information content (AvgIpc) is 2.94. The number of fused-ring (bicyclic) bond motifs is 2. The Morgan fingerprint density at radius 1 is 1.19 bits per heavy atom. The number of nitrogens with one attached hydrogen (secondary N) is 1. The number of aromatic nitrogens is 2. The molecule has 5 heteroatoms. The van der Waals surface area contributed by atoms with E-state index in [-0.39, 0.29) is 11.9 Å². The molecule has 1 aliphatic heterocycles. The Morgan fingerprint density at radius 2 is 1.96 bits per heavy atom. The van der Waals surface area contributed by atoms with Crippen LogP contribution in [0.4, 0.5) is 0 Å². The molecule has 0 saturated heterocycles. The van der Waals surface area contributed by atoms with E-state index in [1.54, 1.807) is 0 Å². The van der Waals surface area contributed by atoms with Crippen LogP contribution in [0.5, 0.6) is 0 Å². The maximum Gasteiger partial charge on any atom is 0.238 e. The van der Waals surface area contributed by atoms with Crippen LogP contribution in [-0.2, 0) is 31.4 Å². The summed E-state index contributed by atoms with van der Waals surface area (Å²) in [5.74, 6) is 0.0634. The molecule has 0 unspecified atom stereocenters. The maximum absolute atomic E-state index is 12.8. The lowest BCUT2D eigenvalue weighted by Crippen LogP contribution is -2.48. The van der Waals surface area contributed by atoms with Crippen LogP contribution < -0.4 is 5.32 Å². The van der Waals surface area contributed by atoms with E-state index in [1.807, 2.05) is 24.8 Å². The van der Waals surface area contributed by atoms with Crippen LogP contribution in [0.25, 0.3) is 10.9 Å². The van der Waals surface area contributed by atoms with E-state index < -0.39 is 0 Å². The number of aryl methyl sites for hydroxylation is 2. The molecular weight excluding hydrogens is 324 g/mol. The molecule has 2 aromatic carbocycles. The van der Waals surface area contributed by atoms with Crippen molar-refractivity contribution in [3.8, 4) is 0 Å². The Labute approximate surface area is 153 Å². The third kappa shape index (κ3) is 2.99. The van der Waals surface area contributed by atoms with Gasteiger partial charge in [-0.3, -0.25) is 14.4 Å². The molecule has 1 amide bonds. The van der Waals surface area contributed by atoms with Crippen LogP contribution in [0.3, 0.4) is 0 Å². The molecule has 3 aromatic rings. The quantitative estimate of drug-likeness (QED) is 0.791. The molecule has 134 valence electrons. The van der Waals surface area contributed by atoms with E-state index in [0.29, 0.717) is 6.54 Å². The van der Waals surface area contributed by atoms with Gasteiger partial charge in [0.25, 0.3) is 0 Å². The van der Waals surface area contributed by atoms with E-state index in [0.717, 1.165) is 29.6 Å². The highest BCUT2D eigenvalue weighted by Crippen LogP contribution is 2.23. The van der Waals surface area contributed by atoms with Crippen LogP contribution >= 0.6 is 0 Å². The smallest absolute Gasteiger partial charge is 0.238 e. The van der Waals surface area contributed by atoms with Crippen molar-refractivity contribution in [2.75, 3.05) is 7.05 Å². The van der Waals surface area contributed by atoms with Gasteiger partial charge >= 0.3 is 0 Å². The molecule has 5 nitrogen and oxygen atoms in total. The minimum Gasteiger partial charge on any atom is -0.349 e.